The zero-order valence-electron chi connectivity index (χ0n) is 15.0. The molecule has 1 aromatic carbocycles. The summed E-state index contributed by atoms with van der Waals surface area (Å²) in [5.74, 6) is -1.06. The largest absolute Gasteiger partial charge is 0.439 e. The Kier molecular flexibility index (Phi) is 7.19. The van der Waals surface area contributed by atoms with E-state index in [2.05, 4.69) is 4.74 Å². The van der Waals surface area contributed by atoms with Crippen molar-refractivity contribution in [3.8, 4) is 11.5 Å². The van der Waals surface area contributed by atoms with Crippen molar-refractivity contribution >= 4 is 5.97 Å². The number of hydrogen-bond acceptors (Lipinski definition) is 4. The van der Waals surface area contributed by atoms with Gasteiger partial charge in [0.05, 0.1) is 5.92 Å². The van der Waals surface area contributed by atoms with Gasteiger partial charge in [0.15, 0.2) is 0 Å². The average molecular weight is 414 g/mol. The highest BCUT2D eigenvalue weighted by Gasteiger charge is 2.59. The Balaban J connectivity index is 1.90. The molecule has 28 heavy (non-hydrogen) atoms. The van der Waals surface area contributed by atoms with Crippen molar-refractivity contribution in [3.63, 3.8) is 0 Å². The van der Waals surface area contributed by atoms with Crippen molar-refractivity contribution < 1.29 is 45.3 Å². The van der Waals surface area contributed by atoms with Crippen LogP contribution in [0.5, 0.6) is 11.5 Å². The molecule has 10 heteroatoms. The van der Waals surface area contributed by atoms with Gasteiger partial charge in [-0.25, -0.2) is 4.39 Å². The summed E-state index contributed by atoms with van der Waals surface area (Å²) in [5, 5.41) is 0. The van der Waals surface area contributed by atoms with E-state index in [1.54, 1.807) is 7.11 Å². The van der Waals surface area contributed by atoms with Gasteiger partial charge >= 0.3 is 18.3 Å². The fraction of sp³-hybridized carbons (Fsp3) is 0.611. The van der Waals surface area contributed by atoms with Gasteiger partial charge in [0.2, 0.25) is 0 Å². The quantitative estimate of drug-likeness (QED) is 0.361. The maximum atomic E-state index is 13.2. The summed E-state index contributed by atoms with van der Waals surface area (Å²) < 4.78 is 89.7. The summed E-state index contributed by atoms with van der Waals surface area (Å²) in [5.41, 5.74) is 0. The molecule has 1 fully saturated rings. The molecule has 0 aromatic heterocycles. The summed E-state index contributed by atoms with van der Waals surface area (Å²) in [6, 6.07) is 3.91. The Hall–Kier alpha value is -1.97. The first-order valence-corrected chi connectivity index (χ1v) is 8.61. The molecule has 4 nitrogen and oxygen atoms in total. The summed E-state index contributed by atoms with van der Waals surface area (Å²) in [6.45, 7) is 0.627. The first-order chi connectivity index (χ1) is 13.0. The maximum Gasteiger partial charge on any atom is 0.439 e. The van der Waals surface area contributed by atoms with Gasteiger partial charge in [-0.2, -0.15) is 22.0 Å². The van der Waals surface area contributed by atoms with Gasteiger partial charge in [-0.3, -0.25) is 4.79 Å². The minimum Gasteiger partial charge on any atom is -0.430 e. The Bertz CT molecular complexity index is 638. The molecule has 1 aromatic rings. The molecule has 1 aliphatic rings. The lowest BCUT2D eigenvalue weighted by Crippen LogP contribution is -2.45. The minimum atomic E-state index is -5.76. The molecule has 0 amide bonds. The molecule has 2 rings (SSSR count). The minimum absolute atomic E-state index is 0.0206. The van der Waals surface area contributed by atoms with Crippen LogP contribution in [0.3, 0.4) is 0 Å². The predicted molar refractivity (Wildman–Crippen MR) is 85.9 cm³/mol. The lowest BCUT2D eigenvalue weighted by Gasteiger charge is -2.26. The lowest BCUT2D eigenvalue weighted by atomic mass is 9.82. The maximum absolute atomic E-state index is 13.2. The predicted octanol–water partition coefficient (Wildman–Crippen LogP) is 4.92. The van der Waals surface area contributed by atoms with Crippen LogP contribution in [-0.4, -0.2) is 38.1 Å². The lowest BCUT2D eigenvalue weighted by molar-refractivity contribution is -0.305. The van der Waals surface area contributed by atoms with Crippen LogP contribution in [0.4, 0.5) is 26.3 Å². The van der Waals surface area contributed by atoms with Crippen molar-refractivity contribution in [1.29, 1.82) is 0 Å². The number of alkyl halides is 6. The number of hydrogen-bond donors (Lipinski definition) is 0. The van der Waals surface area contributed by atoms with Crippen LogP contribution >= 0.6 is 0 Å². The average Bonchev–Trinajstić information content (AvgIpc) is 2.62. The van der Waals surface area contributed by atoms with Crippen molar-refractivity contribution in [1.82, 2.24) is 0 Å². The number of carbonyl (C=O) groups excluding carboxylic acids is 1. The van der Waals surface area contributed by atoms with Crippen LogP contribution in [0.15, 0.2) is 24.3 Å². The molecular weight excluding hydrogens is 394 g/mol. The van der Waals surface area contributed by atoms with Crippen molar-refractivity contribution in [3.05, 3.63) is 24.3 Å². The Labute approximate surface area is 157 Å². The molecule has 1 unspecified atom stereocenters. The normalized spacial score (nSPS) is 21.8. The number of halogens is 6. The first-order valence-electron chi connectivity index (χ1n) is 8.61. The van der Waals surface area contributed by atoms with Crippen molar-refractivity contribution in [2.75, 3.05) is 13.7 Å². The molecule has 0 saturated heterocycles. The van der Waals surface area contributed by atoms with Gasteiger partial charge in [-0.1, -0.05) is 0 Å². The third-order valence-corrected chi connectivity index (χ3v) is 4.46. The van der Waals surface area contributed by atoms with E-state index in [0.29, 0.717) is 25.4 Å². The van der Waals surface area contributed by atoms with E-state index in [9.17, 15) is 31.1 Å². The summed E-state index contributed by atoms with van der Waals surface area (Å²) in [4.78, 5) is 12.2. The van der Waals surface area contributed by atoms with Gasteiger partial charge in [0, 0.05) is 13.7 Å². The molecule has 0 spiro atoms. The van der Waals surface area contributed by atoms with Crippen LogP contribution in [0, 0.1) is 11.8 Å². The van der Waals surface area contributed by atoms with Crippen LogP contribution in [0.1, 0.15) is 25.7 Å². The molecule has 0 N–H and O–H groups in total. The van der Waals surface area contributed by atoms with E-state index in [0.717, 1.165) is 37.1 Å². The molecule has 0 aliphatic heterocycles. The number of ether oxygens (including phenoxy) is 3. The van der Waals surface area contributed by atoms with Gasteiger partial charge in [-0.15, -0.1) is 0 Å². The standard InChI is InChI=1S/C18H20F6O4/c1-26-10-11-2-4-12(5-3-11)15(25)27-13-6-8-14(9-7-13)28-18(23,24)16(19)17(20,21)22/h6-9,11-12,16H,2-5,10H2,1H3. The third-order valence-electron chi connectivity index (χ3n) is 4.46. The zero-order valence-corrected chi connectivity index (χ0v) is 15.0. The highest BCUT2D eigenvalue weighted by molar-refractivity contribution is 5.75. The van der Waals surface area contributed by atoms with E-state index in [-0.39, 0.29) is 11.7 Å². The molecule has 1 aliphatic carbocycles. The molecule has 1 atom stereocenters. The van der Waals surface area contributed by atoms with Gasteiger partial charge in [0.1, 0.15) is 11.5 Å². The molecule has 0 heterocycles. The highest BCUT2D eigenvalue weighted by atomic mass is 19.4. The van der Waals surface area contributed by atoms with Gasteiger partial charge in [0.25, 0.3) is 6.17 Å². The van der Waals surface area contributed by atoms with Crippen LogP contribution in [0.25, 0.3) is 0 Å². The van der Waals surface area contributed by atoms with E-state index in [1.165, 1.54) is 0 Å². The number of methoxy groups -OCH3 is 1. The van der Waals surface area contributed by atoms with Gasteiger partial charge in [-0.05, 0) is 55.9 Å². The van der Waals surface area contributed by atoms with E-state index >= 15 is 0 Å². The van der Waals surface area contributed by atoms with Crippen LogP contribution < -0.4 is 9.47 Å². The summed E-state index contributed by atoms with van der Waals surface area (Å²) in [6.07, 6.45) is -12.4. The van der Waals surface area contributed by atoms with Crippen LogP contribution in [0.2, 0.25) is 0 Å². The van der Waals surface area contributed by atoms with E-state index < -0.39 is 30.2 Å². The van der Waals surface area contributed by atoms with Crippen molar-refractivity contribution in [2.24, 2.45) is 11.8 Å². The van der Waals surface area contributed by atoms with E-state index in [1.807, 2.05) is 0 Å². The van der Waals surface area contributed by atoms with Crippen molar-refractivity contribution in [2.45, 2.75) is 44.1 Å². The number of carbonyl (C=O) groups is 1. The molecule has 0 radical (unpaired) electrons. The molecule has 0 bridgehead atoms. The Morgan fingerprint density at radius 2 is 1.57 bits per heavy atom. The summed E-state index contributed by atoms with van der Waals surface area (Å²) in [7, 11) is 1.61. The second-order valence-electron chi connectivity index (χ2n) is 6.63. The fourth-order valence-corrected chi connectivity index (χ4v) is 2.98. The Morgan fingerprint density at radius 3 is 2.07 bits per heavy atom. The second kappa shape index (κ2) is 9.02. The molecule has 158 valence electrons. The summed E-state index contributed by atoms with van der Waals surface area (Å²) >= 11 is 0. The number of rotatable bonds is 7. The van der Waals surface area contributed by atoms with Gasteiger partial charge < -0.3 is 14.2 Å². The smallest absolute Gasteiger partial charge is 0.430 e. The SMILES string of the molecule is COCC1CCC(C(=O)Oc2ccc(OC(F)(F)C(F)C(F)(F)F)cc2)CC1. The monoisotopic (exact) mass is 414 g/mol. The van der Waals surface area contributed by atoms with E-state index in [4.69, 9.17) is 9.47 Å². The Morgan fingerprint density at radius 1 is 1.04 bits per heavy atom. The fourth-order valence-electron chi connectivity index (χ4n) is 2.98. The molecular formula is C18H20F6O4. The third kappa shape index (κ3) is 6.02. The first kappa shape index (κ1) is 22.3. The molecule has 1 saturated carbocycles. The van der Waals surface area contributed by atoms with Crippen LogP contribution in [-0.2, 0) is 9.53 Å². The second-order valence-corrected chi connectivity index (χ2v) is 6.63. The number of esters is 1. The topological polar surface area (TPSA) is 44.8 Å². The zero-order chi connectivity index (χ0) is 20.9. The highest BCUT2D eigenvalue weighted by Crippen LogP contribution is 2.37. The number of benzene rings is 1.